The number of pyridine rings is 1. The minimum absolute atomic E-state index is 0.0419. The Kier molecular flexibility index (Phi) is 5.45. The summed E-state index contributed by atoms with van der Waals surface area (Å²) in [6, 6.07) is 12.0. The number of benzene rings is 1. The molecule has 4 aromatic rings. The molecule has 0 atom stereocenters. The monoisotopic (exact) mass is 448 g/mol. The van der Waals surface area contributed by atoms with Gasteiger partial charge < -0.3 is 13.9 Å². The number of hydrogen-bond acceptors (Lipinski definition) is 4. The third kappa shape index (κ3) is 3.89. The highest BCUT2D eigenvalue weighted by Crippen LogP contribution is 2.24. The van der Waals surface area contributed by atoms with E-state index in [0.29, 0.717) is 36.9 Å². The maximum atomic E-state index is 13.6. The quantitative estimate of drug-likeness (QED) is 0.468. The van der Waals surface area contributed by atoms with Crippen molar-refractivity contribution in [2.75, 3.05) is 13.6 Å². The summed E-state index contributed by atoms with van der Waals surface area (Å²) in [6.07, 6.45) is 6.41. The molecule has 32 heavy (non-hydrogen) atoms. The summed E-state index contributed by atoms with van der Waals surface area (Å²) >= 11 is 6.29. The van der Waals surface area contributed by atoms with E-state index >= 15 is 0 Å². The second kappa shape index (κ2) is 8.41. The molecule has 1 aromatic carbocycles. The molecule has 1 aliphatic heterocycles. The van der Waals surface area contributed by atoms with E-state index in [4.69, 9.17) is 16.6 Å². The Bertz CT molecular complexity index is 1290. The molecule has 7 nitrogen and oxygen atoms in total. The molecule has 5 rings (SSSR count). The fourth-order valence-corrected chi connectivity index (χ4v) is 4.47. The predicted octanol–water partition coefficient (Wildman–Crippen LogP) is 3.55. The van der Waals surface area contributed by atoms with Crippen molar-refractivity contribution in [3.63, 3.8) is 0 Å². The first-order chi connectivity index (χ1) is 15.5. The van der Waals surface area contributed by atoms with Gasteiger partial charge in [-0.15, -0.1) is 0 Å². The molecule has 0 saturated heterocycles. The Labute approximate surface area is 191 Å². The Morgan fingerprint density at radius 3 is 2.75 bits per heavy atom. The highest BCUT2D eigenvalue weighted by atomic mass is 35.5. The summed E-state index contributed by atoms with van der Waals surface area (Å²) in [4.78, 5) is 26.8. The van der Waals surface area contributed by atoms with Crippen LogP contribution < -0.4 is 0 Å². The lowest BCUT2D eigenvalue weighted by Gasteiger charge is -2.28. The van der Waals surface area contributed by atoms with Crippen LogP contribution >= 0.6 is 11.6 Å². The van der Waals surface area contributed by atoms with E-state index < -0.39 is 0 Å². The van der Waals surface area contributed by atoms with Gasteiger partial charge in [0.15, 0.2) is 5.69 Å². The van der Waals surface area contributed by atoms with E-state index in [9.17, 15) is 4.79 Å². The first kappa shape index (κ1) is 20.7. The number of nitrogens with zero attached hydrogens (tertiary/aromatic N) is 6. The molecule has 0 bridgehead atoms. The number of carbonyl (C=O) groups excluding carboxylic acids is 1. The van der Waals surface area contributed by atoms with E-state index in [2.05, 4.69) is 28.1 Å². The van der Waals surface area contributed by atoms with Gasteiger partial charge in [-0.2, -0.15) is 0 Å². The van der Waals surface area contributed by atoms with Crippen LogP contribution in [0.5, 0.6) is 0 Å². The van der Waals surface area contributed by atoms with Crippen LogP contribution in [0.1, 0.15) is 33.1 Å². The second-order valence-corrected chi connectivity index (χ2v) is 8.79. The lowest BCUT2D eigenvalue weighted by atomic mass is 9.99. The van der Waals surface area contributed by atoms with Crippen LogP contribution in [0.25, 0.3) is 5.65 Å². The second-order valence-electron chi connectivity index (χ2n) is 8.35. The van der Waals surface area contributed by atoms with E-state index in [-0.39, 0.29) is 5.91 Å². The maximum absolute atomic E-state index is 13.6. The van der Waals surface area contributed by atoms with Crippen LogP contribution in [0.3, 0.4) is 0 Å². The van der Waals surface area contributed by atoms with Crippen molar-refractivity contribution in [2.45, 2.75) is 26.1 Å². The fraction of sp³-hybridized carbons (Fsp3) is 0.292. The van der Waals surface area contributed by atoms with E-state index in [1.807, 2.05) is 52.5 Å². The largest absolute Gasteiger partial charge is 0.337 e. The van der Waals surface area contributed by atoms with Crippen molar-refractivity contribution in [1.29, 1.82) is 0 Å². The van der Waals surface area contributed by atoms with Gasteiger partial charge in [0, 0.05) is 45.3 Å². The standard InChI is InChI=1S/C24H25ClN6O/c1-28(16-22-26-10-12-29(22)2)15-20-23(27-21-8-7-19(25)14-31(20)21)24(32)30-11-9-17-5-3-4-6-18(17)13-30/h3-8,10,12,14H,9,11,13,15-16H2,1-2H3. The number of aromatic nitrogens is 4. The third-order valence-corrected chi connectivity index (χ3v) is 6.28. The average Bonchev–Trinajstić information content (AvgIpc) is 3.36. The molecule has 8 heteroatoms. The molecule has 0 N–H and O–H groups in total. The Hall–Kier alpha value is -3.16. The fourth-order valence-electron chi connectivity index (χ4n) is 4.31. The Morgan fingerprint density at radius 1 is 1.16 bits per heavy atom. The van der Waals surface area contributed by atoms with Crippen molar-refractivity contribution in [2.24, 2.45) is 7.05 Å². The summed E-state index contributed by atoms with van der Waals surface area (Å²) in [7, 11) is 4.00. The van der Waals surface area contributed by atoms with Gasteiger partial charge in [0.25, 0.3) is 5.91 Å². The van der Waals surface area contributed by atoms with Crippen LogP contribution in [0.15, 0.2) is 55.0 Å². The SMILES string of the molecule is CN(Cc1nccn1C)Cc1c(C(=O)N2CCc3ccccc3C2)nc2ccc(Cl)cn12. The van der Waals surface area contributed by atoms with Crippen molar-refractivity contribution in [1.82, 2.24) is 28.7 Å². The summed E-state index contributed by atoms with van der Waals surface area (Å²) < 4.78 is 3.93. The molecule has 0 unspecified atom stereocenters. The van der Waals surface area contributed by atoms with Crippen LogP contribution in [0, 0.1) is 0 Å². The topological polar surface area (TPSA) is 58.7 Å². The average molecular weight is 449 g/mol. The molecule has 0 saturated carbocycles. The van der Waals surface area contributed by atoms with Gasteiger partial charge >= 0.3 is 0 Å². The first-order valence-electron chi connectivity index (χ1n) is 10.7. The minimum atomic E-state index is -0.0419. The first-order valence-corrected chi connectivity index (χ1v) is 11.0. The molecule has 3 aromatic heterocycles. The number of hydrogen-bond donors (Lipinski definition) is 0. The van der Waals surface area contributed by atoms with Crippen molar-refractivity contribution >= 4 is 23.2 Å². The van der Waals surface area contributed by atoms with E-state index in [1.165, 1.54) is 11.1 Å². The van der Waals surface area contributed by atoms with E-state index in [0.717, 1.165) is 23.6 Å². The van der Waals surface area contributed by atoms with Crippen LogP contribution in [0.4, 0.5) is 0 Å². The zero-order valence-electron chi connectivity index (χ0n) is 18.2. The summed E-state index contributed by atoms with van der Waals surface area (Å²) in [6.45, 7) is 2.49. The van der Waals surface area contributed by atoms with Crippen LogP contribution in [0.2, 0.25) is 5.02 Å². The molecule has 164 valence electrons. The molecule has 0 radical (unpaired) electrons. The molecule has 0 aliphatic carbocycles. The minimum Gasteiger partial charge on any atom is -0.337 e. The molecular weight excluding hydrogens is 424 g/mol. The van der Waals surface area contributed by atoms with Crippen molar-refractivity contribution in [3.8, 4) is 0 Å². The van der Waals surface area contributed by atoms with Crippen LogP contribution in [-0.4, -0.2) is 48.2 Å². The lowest BCUT2D eigenvalue weighted by Crippen LogP contribution is -2.37. The number of aryl methyl sites for hydroxylation is 1. The molecule has 4 heterocycles. The zero-order chi connectivity index (χ0) is 22.2. The maximum Gasteiger partial charge on any atom is 0.274 e. The molecular formula is C24H25ClN6O. The molecule has 0 spiro atoms. The summed E-state index contributed by atoms with van der Waals surface area (Å²) in [5.74, 6) is 0.916. The predicted molar refractivity (Wildman–Crippen MR) is 123 cm³/mol. The Morgan fingerprint density at radius 2 is 1.97 bits per heavy atom. The third-order valence-electron chi connectivity index (χ3n) is 6.05. The summed E-state index contributed by atoms with van der Waals surface area (Å²) in [5, 5.41) is 0.605. The van der Waals surface area contributed by atoms with Gasteiger partial charge in [0.2, 0.25) is 0 Å². The number of fused-ring (bicyclic) bond motifs is 2. The zero-order valence-corrected chi connectivity index (χ0v) is 19.0. The van der Waals surface area contributed by atoms with Crippen molar-refractivity contribution < 1.29 is 4.79 Å². The number of rotatable bonds is 5. The van der Waals surface area contributed by atoms with Gasteiger partial charge in [-0.3, -0.25) is 9.69 Å². The van der Waals surface area contributed by atoms with Gasteiger partial charge in [-0.25, -0.2) is 9.97 Å². The Balaban J connectivity index is 1.47. The van der Waals surface area contributed by atoms with Crippen LogP contribution in [-0.2, 0) is 33.1 Å². The highest BCUT2D eigenvalue weighted by molar-refractivity contribution is 6.30. The lowest BCUT2D eigenvalue weighted by molar-refractivity contribution is 0.0727. The van der Waals surface area contributed by atoms with Crippen molar-refractivity contribution in [3.05, 3.63) is 88.4 Å². The number of imidazole rings is 2. The van der Waals surface area contributed by atoms with Gasteiger partial charge in [0.05, 0.1) is 17.3 Å². The van der Waals surface area contributed by atoms with Gasteiger partial charge in [0.1, 0.15) is 11.5 Å². The smallest absolute Gasteiger partial charge is 0.274 e. The van der Waals surface area contributed by atoms with E-state index in [1.54, 1.807) is 12.3 Å². The molecule has 1 amide bonds. The highest BCUT2D eigenvalue weighted by Gasteiger charge is 2.27. The summed E-state index contributed by atoms with van der Waals surface area (Å²) in [5.41, 5.74) is 4.55. The molecule has 1 aliphatic rings. The number of amides is 1. The molecule has 0 fully saturated rings. The van der Waals surface area contributed by atoms with Gasteiger partial charge in [-0.05, 0) is 36.7 Å². The van der Waals surface area contributed by atoms with Gasteiger partial charge in [-0.1, -0.05) is 35.9 Å². The number of halogens is 1. The number of carbonyl (C=O) groups is 1. The normalized spacial score (nSPS) is 13.7.